The first-order valence-corrected chi connectivity index (χ1v) is 6.32. The van der Waals surface area contributed by atoms with Crippen molar-refractivity contribution in [2.24, 2.45) is 0 Å². The van der Waals surface area contributed by atoms with Crippen LogP contribution in [0.5, 0.6) is 0 Å². The maximum Gasteiger partial charge on any atom is 0.133 e. The molecule has 3 heteroatoms. The topological polar surface area (TPSA) is 29.5 Å². The lowest BCUT2D eigenvalue weighted by Gasteiger charge is -2.30. The molecule has 0 saturated carbocycles. The van der Waals surface area contributed by atoms with Crippen LogP contribution in [0.15, 0.2) is 30.3 Å². The standard InChI is InChI=1S/C12H16O2S/c1-9-7-8-15-12(14-9)11(13)10-5-3-2-4-6-10/h2-6,9,11-13H,7-8H2,1H3/t9-,11-,12-/m1/s1. The molecule has 2 rings (SSSR count). The van der Waals surface area contributed by atoms with E-state index in [0.29, 0.717) is 0 Å². The number of rotatable bonds is 2. The van der Waals surface area contributed by atoms with Gasteiger partial charge in [0, 0.05) is 0 Å². The largest absolute Gasteiger partial charge is 0.385 e. The van der Waals surface area contributed by atoms with Crippen LogP contribution in [0.25, 0.3) is 0 Å². The second-order valence-electron chi connectivity index (χ2n) is 3.83. The summed E-state index contributed by atoms with van der Waals surface area (Å²) >= 11 is 1.70. The highest BCUT2D eigenvalue weighted by molar-refractivity contribution is 7.99. The SMILES string of the molecule is C[C@@H]1CCS[C@H]([C@H](O)c2ccccc2)O1. The molecule has 0 spiro atoms. The lowest BCUT2D eigenvalue weighted by Crippen LogP contribution is -2.28. The minimum atomic E-state index is -0.515. The Balaban J connectivity index is 2.04. The van der Waals surface area contributed by atoms with E-state index in [9.17, 15) is 5.11 Å². The third-order valence-electron chi connectivity index (χ3n) is 2.57. The molecule has 1 aromatic rings. The monoisotopic (exact) mass is 224 g/mol. The van der Waals surface area contributed by atoms with Gasteiger partial charge < -0.3 is 9.84 Å². The Morgan fingerprint density at radius 2 is 2.13 bits per heavy atom. The zero-order valence-electron chi connectivity index (χ0n) is 8.80. The Morgan fingerprint density at radius 1 is 1.40 bits per heavy atom. The van der Waals surface area contributed by atoms with Crippen LogP contribution in [0.4, 0.5) is 0 Å². The van der Waals surface area contributed by atoms with Gasteiger partial charge in [0.05, 0.1) is 6.10 Å². The fraction of sp³-hybridized carbons (Fsp3) is 0.500. The van der Waals surface area contributed by atoms with Crippen LogP contribution < -0.4 is 0 Å². The first kappa shape index (κ1) is 11.0. The highest BCUT2D eigenvalue weighted by Crippen LogP contribution is 2.33. The molecule has 15 heavy (non-hydrogen) atoms. The van der Waals surface area contributed by atoms with Crippen LogP contribution >= 0.6 is 11.8 Å². The molecule has 1 heterocycles. The summed E-state index contributed by atoms with van der Waals surface area (Å²) in [7, 11) is 0. The Kier molecular flexibility index (Phi) is 3.67. The van der Waals surface area contributed by atoms with E-state index < -0.39 is 6.10 Å². The van der Waals surface area contributed by atoms with Gasteiger partial charge in [0.1, 0.15) is 11.5 Å². The molecular weight excluding hydrogens is 208 g/mol. The molecule has 1 aliphatic heterocycles. The van der Waals surface area contributed by atoms with Gasteiger partial charge in [0.15, 0.2) is 0 Å². The minimum Gasteiger partial charge on any atom is -0.385 e. The molecule has 0 amide bonds. The van der Waals surface area contributed by atoms with Crippen molar-refractivity contribution in [1.82, 2.24) is 0 Å². The first-order chi connectivity index (χ1) is 7.27. The molecule has 0 aliphatic carbocycles. The van der Waals surface area contributed by atoms with Gasteiger partial charge in [-0.15, -0.1) is 11.8 Å². The number of aliphatic hydroxyl groups is 1. The van der Waals surface area contributed by atoms with E-state index in [4.69, 9.17) is 4.74 Å². The van der Waals surface area contributed by atoms with Crippen molar-refractivity contribution < 1.29 is 9.84 Å². The molecule has 82 valence electrons. The van der Waals surface area contributed by atoms with E-state index in [1.165, 1.54) is 0 Å². The Labute approximate surface area is 94.6 Å². The minimum absolute atomic E-state index is 0.115. The number of benzene rings is 1. The zero-order valence-corrected chi connectivity index (χ0v) is 9.61. The maximum atomic E-state index is 10.1. The average Bonchev–Trinajstić information content (AvgIpc) is 2.29. The van der Waals surface area contributed by atoms with Crippen molar-refractivity contribution in [3.63, 3.8) is 0 Å². The predicted molar refractivity (Wildman–Crippen MR) is 62.8 cm³/mol. The van der Waals surface area contributed by atoms with Gasteiger partial charge >= 0.3 is 0 Å². The van der Waals surface area contributed by atoms with E-state index >= 15 is 0 Å². The van der Waals surface area contributed by atoms with E-state index in [0.717, 1.165) is 17.7 Å². The zero-order chi connectivity index (χ0) is 10.7. The number of hydrogen-bond donors (Lipinski definition) is 1. The summed E-state index contributed by atoms with van der Waals surface area (Å²) in [5.41, 5.74) is 0.820. The Hall–Kier alpha value is -0.510. The van der Waals surface area contributed by atoms with Crippen LogP contribution in [0, 0.1) is 0 Å². The molecule has 1 aliphatic rings. The third-order valence-corrected chi connectivity index (χ3v) is 3.74. The van der Waals surface area contributed by atoms with E-state index in [-0.39, 0.29) is 11.5 Å². The van der Waals surface area contributed by atoms with E-state index in [1.807, 2.05) is 30.3 Å². The van der Waals surface area contributed by atoms with Gasteiger partial charge in [-0.2, -0.15) is 0 Å². The highest BCUT2D eigenvalue weighted by Gasteiger charge is 2.27. The van der Waals surface area contributed by atoms with Gasteiger partial charge in [-0.3, -0.25) is 0 Å². The van der Waals surface area contributed by atoms with Crippen LogP contribution in [0.2, 0.25) is 0 Å². The van der Waals surface area contributed by atoms with Crippen LogP contribution in [-0.2, 0) is 4.74 Å². The number of thioether (sulfide) groups is 1. The maximum absolute atomic E-state index is 10.1. The van der Waals surface area contributed by atoms with Gasteiger partial charge in [0.2, 0.25) is 0 Å². The number of hydrogen-bond acceptors (Lipinski definition) is 3. The quantitative estimate of drug-likeness (QED) is 0.837. The van der Waals surface area contributed by atoms with Crippen LogP contribution in [0.3, 0.4) is 0 Å². The molecule has 0 aromatic heterocycles. The Morgan fingerprint density at radius 3 is 2.80 bits per heavy atom. The second-order valence-corrected chi connectivity index (χ2v) is 5.04. The molecule has 1 N–H and O–H groups in total. The van der Waals surface area contributed by atoms with Gasteiger partial charge in [-0.05, 0) is 24.7 Å². The van der Waals surface area contributed by atoms with Crippen molar-refractivity contribution in [2.45, 2.75) is 31.0 Å². The average molecular weight is 224 g/mol. The molecule has 0 radical (unpaired) electrons. The number of ether oxygens (including phenoxy) is 1. The molecule has 1 saturated heterocycles. The molecule has 2 nitrogen and oxygen atoms in total. The van der Waals surface area contributed by atoms with Gasteiger partial charge in [-0.25, -0.2) is 0 Å². The van der Waals surface area contributed by atoms with Crippen molar-refractivity contribution >= 4 is 11.8 Å². The molecule has 0 unspecified atom stereocenters. The second kappa shape index (κ2) is 5.01. The summed E-state index contributed by atoms with van der Waals surface area (Å²) < 4.78 is 5.72. The Bertz CT molecular complexity index is 302. The summed E-state index contributed by atoms with van der Waals surface area (Å²) in [5, 5.41) is 10.1. The smallest absolute Gasteiger partial charge is 0.133 e. The van der Waals surface area contributed by atoms with Crippen LogP contribution in [0.1, 0.15) is 25.0 Å². The van der Waals surface area contributed by atoms with Crippen molar-refractivity contribution in [3.8, 4) is 0 Å². The summed E-state index contributed by atoms with van der Waals surface area (Å²) in [4.78, 5) is 0. The fourth-order valence-corrected chi connectivity index (χ4v) is 2.97. The number of aliphatic hydroxyl groups excluding tert-OH is 1. The van der Waals surface area contributed by atoms with Gasteiger partial charge in [-0.1, -0.05) is 30.3 Å². The first-order valence-electron chi connectivity index (χ1n) is 5.27. The summed E-state index contributed by atoms with van der Waals surface area (Å²) in [6.45, 7) is 2.06. The summed E-state index contributed by atoms with van der Waals surface area (Å²) in [6, 6.07) is 9.71. The fourth-order valence-electron chi connectivity index (χ4n) is 1.66. The van der Waals surface area contributed by atoms with Crippen molar-refractivity contribution in [2.75, 3.05) is 5.75 Å². The summed E-state index contributed by atoms with van der Waals surface area (Å²) in [5.74, 6) is 1.07. The highest BCUT2D eigenvalue weighted by atomic mass is 32.2. The van der Waals surface area contributed by atoms with Gasteiger partial charge in [0.25, 0.3) is 0 Å². The van der Waals surface area contributed by atoms with E-state index in [1.54, 1.807) is 11.8 Å². The van der Waals surface area contributed by atoms with Crippen LogP contribution in [-0.4, -0.2) is 22.4 Å². The molecule has 1 aromatic carbocycles. The lowest BCUT2D eigenvalue weighted by molar-refractivity contribution is -0.0305. The van der Waals surface area contributed by atoms with E-state index in [2.05, 4.69) is 6.92 Å². The molecule has 0 bridgehead atoms. The molecule has 3 atom stereocenters. The third kappa shape index (κ3) is 2.74. The van der Waals surface area contributed by atoms with Crippen molar-refractivity contribution in [1.29, 1.82) is 0 Å². The summed E-state index contributed by atoms with van der Waals surface area (Å²) in [6.07, 6.45) is 0.816. The molecule has 1 fully saturated rings. The van der Waals surface area contributed by atoms with Crippen molar-refractivity contribution in [3.05, 3.63) is 35.9 Å². The predicted octanol–water partition coefficient (Wildman–Crippen LogP) is 2.59. The lowest BCUT2D eigenvalue weighted by atomic mass is 10.1. The normalized spacial score (nSPS) is 28.7. The molecular formula is C12H16O2S.